The van der Waals surface area contributed by atoms with Crippen LogP contribution in [0.4, 0.5) is 0 Å². The van der Waals surface area contributed by atoms with Crippen LogP contribution in [0.3, 0.4) is 0 Å². The number of benzene rings is 4. The van der Waals surface area contributed by atoms with Crippen LogP contribution < -0.4 is 15.9 Å². The fraction of sp³-hybridized carbons (Fsp3) is 0.0400. The maximum absolute atomic E-state index is 10.8. The minimum Gasteiger partial charge on any atom is -0.384 e. The first-order valence-electron chi connectivity index (χ1n) is 9.06. The van der Waals surface area contributed by atoms with E-state index in [0.717, 1.165) is 11.1 Å². The molecule has 0 radical (unpaired) electrons. The highest BCUT2D eigenvalue weighted by atomic mass is 31.1. The molecular weight excluding hydrogens is 347 g/mol. The van der Waals surface area contributed by atoms with E-state index in [-0.39, 0.29) is 0 Å². The molecule has 1 nitrogen and oxygen atoms in total. The molecule has 0 aliphatic carbocycles. The lowest BCUT2D eigenvalue weighted by Gasteiger charge is -2.21. The van der Waals surface area contributed by atoms with Gasteiger partial charge in [0.25, 0.3) is 0 Å². The lowest BCUT2D eigenvalue weighted by atomic mass is 10.0. The van der Waals surface area contributed by atoms with E-state index < -0.39 is 14.0 Å². The predicted octanol–water partition coefficient (Wildman–Crippen LogP) is 4.53. The lowest BCUT2D eigenvalue weighted by molar-refractivity contribution is 0.220. The largest absolute Gasteiger partial charge is 0.384 e. The van der Waals surface area contributed by atoms with Gasteiger partial charge < -0.3 is 5.11 Å². The Morgan fingerprint density at radius 2 is 0.926 bits per heavy atom. The molecule has 4 aromatic rings. The summed E-state index contributed by atoms with van der Waals surface area (Å²) in [5, 5.41) is 14.7. The molecule has 0 aromatic heterocycles. The van der Waals surface area contributed by atoms with Crippen molar-refractivity contribution in [3.05, 3.63) is 126 Å². The van der Waals surface area contributed by atoms with Crippen molar-refractivity contribution in [2.24, 2.45) is 0 Å². The Hall–Kier alpha value is -2.73. The van der Waals surface area contributed by atoms with Crippen molar-refractivity contribution in [3.8, 4) is 0 Å². The maximum Gasteiger partial charge on any atom is 0.104 e. The molecular formula is C25H21OP. The molecule has 0 saturated heterocycles. The Balaban J connectivity index is 1.77. The van der Waals surface area contributed by atoms with Gasteiger partial charge in [0.2, 0.25) is 0 Å². The predicted molar refractivity (Wildman–Crippen MR) is 116 cm³/mol. The fourth-order valence-electron chi connectivity index (χ4n) is 3.26. The summed E-state index contributed by atoms with van der Waals surface area (Å²) in [6, 6.07) is 39.5. The number of hydrogen-bond acceptors (Lipinski definition) is 1. The van der Waals surface area contributed by atoms with Crippen molar-refractivity contribution in [3.63, 3.8) is 0 Å². The molecule has 1 N–H and O–H groups in total. The summed E-state index contributed by atoms with van der Waals surface area (Å²) in [6.45, 7) is 0. The third-order valence-electron chi connectivity index (χ3n) is 4.59. The van der Waals surface area contributed by atoms with Crippen molar-refractivity contribution in [2.75, 3.05) is 0 Å². The summed E-state index contributed by atoms with van der Waals surface area (Å²) < 4.78 is 0. The second-order valence-corrected chi connectivity index (χ2v) is 8.63. The van der Waals surface area contributed by atoms with Crippen LogP contribution in [0.2, 0.25) is 0 Å². The average molecular weight is 368 g/mol. The topological polar surface area (TPSA) is 20.2 Å². The smallest absolute Gasteiger partial charge is 0.104 e. The van der Waals surface area contributed by atoms with E-state index >= 15 is 0 Å². The monoisotopic (exact) mass is 368 g/mol. The maximum atomic E-state index is 10.8. The molecule has 0 heterocycles. The molecule has 132 valence electrons. The van der Waals surface area contributed by atoms with E-state index in [2.05, 4.69) is 78.9 Å². The van der Waals surface area contributed by atoms with Gasteiger partial charge in [-0.05, 0) is 41.0 Å². The lowest BCUT2D eigenvalue weighted by Crippen LogP contribution is -2.21. The quantitative estimate of drug-likeness (QED) is 0.513. The van der Waals surface area contributed by atoms with Gasteiger partial charge >= 0.3 is 0 Å². The highest BCUT2D eigenvalue weighted by Crippen LogP contribution is 2.34. The van der Waals surface area contributed by atoms with E-state index in [1.54, 1.807) is 0 Å². The third-order valence-corrected chi connectivity index (χ3v) is 7.01. The average Bonchev–Trinajstić information content (AvgIpc) is 2.76. The molecule has 1 atom stereocenters. The molecule has 2 heteroatoms. The Labute approximate surface area is 161 Å². The van der Waals surface area contributed by atoms with Gasteiger partial charge in [-0.15, -0.1) is 0 Å². The number of hydrogen-bond donors (Lipinski definition) is 1. The zero-order valence-corrected chi connectivity index (χ0v) is 15.8. The molecule has 4 aromatic carbocycles. The molecule has 27 heavy (non-hydrogen) atoms. The Bertz CT molecular complexity index is 945. The molecule has 0 spiro atoms. The fourth-order valence-corrected chi connectivity index (χ4v) is 5.61. The standard InChI is InChI=1S/C25H21OP/c26-25(20-11-4-1-5-12-20)21-13-10-18-24(19-21)27(22-14-6-2-7-15-22)23-16-8-3-9-17-23/h1-19,25-26H. The van der Waals surface area contributed by atoms with Crippen LogP contribution in [0, 0.1) is 0 Å². The van der Waals surface area contributed by atoms with Gasteiger partial charge in [-0.2, -0.15) is 0 Å². The van der Waals surface area contributed by atoms with Gasteiger partial charge in [-0.3, -0.25) is 0 Å². The van der Waals surface area contributed by atoms with Crippen LogP contribution in [-0.4, -0.2) is 5.11 Å². The number of aliphatic hydroxyl groups is 1. The van der Waals surface area contributed by atoms with E-state index in [1.807, 2.05) is 36.4 Å². The van der Waals surface area contributed by atoms with Crippen LogP contribution in [0.5, 0.6) is 0 Å². The summed E-state index contributed by atoms with van der Waals surface area (Å²) in [4.78, 5) is 0. The van der Waals surface area contributed by atoms with E-state index in [1.165, 1.54) is 15.9 Å². The van der Waals surface area contributed by atoms with Gasteiger partial charge in [0, 0.05) is 0 Å². The minimum absolute atomic E-state index is 0.616. The first-order chi connectivity index (χ1) is 13.3. The van der Waals surface area contributed by atoms with Crippen LogP contribution in [0.25, 0.3) is 0 Å². The van der Waals surface area contributed by atoms with Gasteiger partial charge in [0.1, 0.15) is 6.10 Å². The van der Waals surface area contributed by atoms with E-state index in [4.69, 9.17) is 0 Å². The molecule has 0 amide bonds. The van der Waals surface area contributed by atoms with E-state index in [0.29, 0.717) is 0 Å². The summed E-state index contributed by atoms with van der Waals surface area (Å²) in [7, 11) is -0.667. The van der Waals surface area contributed by atoms with Gasteiger partial charge in [-0.1, -0.05) is 109 Å². The second kappa shape index (κ2) is 8.31. The Kier molecular flexibility index (Phi) is 5.44. The van der Waals surface area contributed by atoms with Gasteiger partial charge in [0.05, 0.1) is 0 Å². The zero-order chi connectivity index (χ0) is 18.5. The molecule has 1 unspecified atom stereocenters. The Morgan fingerprint density at radius 1 is 0.481 bits per heavy atom. The first-order valence-corrected chi connectivity index (χ1v) is 10.4. The first kappa shape index (κ1) is 17.7. The SMILES string of the molecule is OC(c1ccccc1)c1cccc(P(c2ccccc2)c2ccccc2)c1. The molecule has 0 aliphatic rings. The van der Waals surface area contributed by atoms with Crippen LogP contribution in [-0.2, 0) is 0 Å². The molecule has 4 rings (SSSR count). The van der Waals surface area contributed by atoms with Gasteiger partial charge in [0.15, 0.2) is 0 Å². The van der Waals surface area contributed by atoms with Crippen molar-refractivity contribution in [2.45, 2.75) is 6.10 Å². The Morgan fingerprint density at radius 3 is 1.48 bits per heavy atom. The molecule has 0 saturated carbocycles. The van der Waals surface area contributed by atoms with Crippen LogP contribution >= 0.6 is 7.92 Å². The summed E-state index contributed by atoms with van der Waals surface area (Å²) in [6.07, 6.45) is -0.616. The molecule has 0 bridgehead atoms. The third kappa shape index (κ3) is 4.01. The van der Waals surface area contributed by atoms with Crippen molar-refractivity contribution in [1.29, 1.82) is 0 Å². The minimum atomic E-state index is -0.667. The normalized spacial score (nSPS) is 12.1. The van der Waals surface area contributed by atoms with Crippen molar-refractivity contribution in [1.82, 2.24) is 0 Å². The number of aliphatic hydroxyl groups excluding tert-OH is 1. The summed E-state index contributed by atoms with van der Waals surface area (Å²) >= 11 is 0. The van der Waals surface area contributed by atoms with E-state index in [9.17, 15) is 5.11 Å². The number of rotatable bonds is 5. The summed E-state index contributed by atoms with van der Waals surface area (Å²) in [5.41, 5.74) is 1.84. The van der Waals surface area contributed by atoms with Gasteiger partial charge in [-0.25, -0.2) is 0 Å². The molecule has 0 fully saturated rings. The van der Waals surface area contributed by atoms with Crippen molar-refractivity contribution < 1.29 is 5.11 Å². The second-order valence-electron chi connectivity index (χ2n) is 6.41. The molecule has 0 aliphatic heterocycles. The summed E-state index contributed by atoms with van der Waals surface area (Å²) in [5.74, 6) is 0. The highest BCUT2D eigenvalue weighted by molar-refractivity contribution is 7.79. The van der Waals surface area contributed by atoms with Crippen LogP contribution in [0.15, 0.2) is 115 Å². The zero-order valence-electron chi connectivity index (χ0n) is 14.9. The van der Waals surface area contributed by atoms with Crippen molar-refractivity contribution >= 4 is 23.8 Å². The highest BCUT2D eigenvalue weighted by Gasteiger charge is 2.18. The van der Waals surface area contributed by atoms with Crippen LogP contribution in [0.1, 0.15) is 17.2 Å².